The molecule has 1 aliphatic rings. The third-order valence-corrected chi connectivity index (χ3v) is 7.21. The van der Waals surface area contributed by atoms with Gasteiger partial charge in [-0.1, -0.05) is 13.8 Å². The Labute approximate surface area is 130 Å². The highest BCUT2D eigenvalue weighted by Crippen LogP contribution is 2.38. The fourth-order valence-electron chi connectivity index (χ4n) is 2.46. The predicted molar refractivity (Wildman–Crippen MR) is 80.7 cm³/mol. The first-order valence-corrected chi connectivity index (χ1v) is 9.25. The van der Waals surface area contributed by atoms with Gasteiger partial charge in [-0.3, -0.25) is 0 Å². The van der Waals surface area contributed by atoms with Gasteiger partial charge < -0.3 is 5.11 Å². The number of hydrogen-bond acceptors (Lipinski definition) is 4. The molecule has 0 aromatic carbocycles. The van der Waals surface area contributed by atoms with E-state index >= 15 is 0 Å². The third-order valence-electron chi connectivity index (χ3n) is 3.45. The van der Waals surface area contributed by atoms with Gasteiger partial charge in [-0.15, -0.1) is 11.3 Å². The second-order valence-electron chi connectivity index (χ2n) is 5.78. The average Bonchev–Trinajstić information content (AvgIpc) is 2.82. The minimum Gasteiger partial charge on any atom is -0.477 e. The van der Waals surface area contributed by atoms with Crippen molar-refractivity contribution in [3.05, 3.63) is 14.7 Å². The largest absolute Gasteiger partial charge is 0.477 e. The lowest BCUT2D eigenvalue weighted by atomic mass is 9.92. The van der Waals surface area contributed by atoms with Gasteiger partial charge in [-0.2, -0.15) is 0 Å². The minimum absolute atomic E-state index is 0.00371. The second-order valence-corrected chi connectivity index (χ2v) is 9.83. The van der Waals surface area contributed by atoms with E-state index in [0.29, 0.717) is 3.79 Å². The van der Waals surface area contributed by atoms with Gasteiger partial charge in [0.1, 0.15) is 9.77 Å². The first-order chi connectivity index (χ1) is 9.11. The van der Waals surface area contributed by atoms with Crippen LogP contribution in [0.5, 0.6) is 0 Å². The van der Waals surface area contributed by atoms with Gasteiger partial charge in [0.05, 0.1) is 3.79 Å². The van der Waals surface area contributed by atoms with Crippen LogP contribution < -0.4 is 4.72 Å². The second kappa shape index (κ2) is 5.40. The third kappa shape index (κ3) is 3.41. The Kier molecular flexibility index (Phi) is 4.30. The lowest BCUT2D eigenvalue weighted by molar-refractivity contribution is 0.0702. The molecule has 8 heteroatoms. The molecule has 20 heavy (non-hydrogen) atoms. The van der Waals surface area contributed by atoms with Gasteiger partial charge in [0.2, 0.25) is 10.0 Å². The number of halogens is 1. The quantitative estimate of drug-likeness (QED) is 0.839. The topological polar surface area (TPSA) is 83.5 Å². The van der Waals surface area contributed by atoms with Crippen LogP contribution in [0.3, 0.4) is 0 Å². The van der Waals surface area contributed by atoms with Crippen LogP contribution in [-0.4, -0.2) is 25.5 Å². The molecule has 1 fully saturated rings. The van der Waals surface area contributed by atoms with Crippen molar-refractivity contribution in [1.29, 1.82) is 0 Å². The van der Waals surface area contributed by atoms with E-state index in [1.807, 2.05) is 0 Å². The van der Waals surface area contributed by atoms with Crippen LogP contribution in [0.1, 0.15) is 42.8 Å². The molecular weight excluding hydrogens is 366 g/mol. The molecule has 1 aromatic heterocycles. The molecule has 112 valence electrons. The monoisotopic (exact) mass is 381 g/mol. The summed E-state index contributed by atoms with van der Waals surface area (Å²) in [4.78, 5) is 10.9. The van der Waals surface area contributed by atoms with Crippen LogP contribution >= 0.6 is 27.3 Å². The summed E-state index contributed by atoms with van der Waals surface area (Å²) in [6.45, 7) is 4.23. The summed E-state index contributed by atoms with van der Waals surface area (Å²) in [6, 6.07) is 1.11. The van der Waals surface area contributed by atoms with Crippen LogP contribution in [0.2, 0.25) is 0 Å². The molecule has 0 saturated heterocycles. The van der Waals surface area contributed by atoms with E-state index in [-0.39, 0.29) is 21.2 Å². The van der Waals surface area contributed by atoms with E-state index in [9.17, 15) is 13.2 Å². The number of aromatic carboxylic acids is 1. The summed E-state index contributed by atoms with van der Waals surface area (Å²) in [6.07, 6.45) is 2.57. The zero-order chi connectivity index (χ0) is 15.1. The molecular formula is C12H16BrNO4S2. The van der Waals surface area contributed by atoms with Crippen molar-refractivity contribution < 1.29 is 18.3 Å². The van der Waals surface area contributed by atoms with Crippen molar-refractivity contribution in [3.63, 3.8) is 0 Å². The maximum atomic E-state index is 12.3. The van der Waals surface area contributed by atoms with Crippen molar-refractivity contribution in [3.8, 4) is 0 Å². The van der Waals surface area contributed by atoms with E-state index in [1.165, 1.54) is 6.07 Å². The Morgan fingerprint density at radius 2 is 2.20 bits per heavy atom. The SMILES string of the molecule is CC1(C)CCC(NS(=O)(=O)c2cc(C(=O)O)sc2Br)C1. The summed E-state index contributed by atoms with van der Waals surface area (Å²) >= 11 is 4.03. The summed E-state index contributed by atoms with van der Waals surface area (Å²) in [5.41, 5.74) is 0.144. The van der Waals surface area contributed by atoms with Crippen molar-refractivity contribution in [2.24, 2.45) is 5.41 Å². The highest BCUT2D eigenvalue weighted by molar-refractivity contribution is 9.11. The van der Waals surface area contributed by atoms with Crippen molar-refractivity contribution in [2.45, 2.75) is 44.0 Å². The summed E-state index contributed by atoms with van der Waals surface area (Å²) in [7, 11) is -3.69. The molecule has 1 aromatic rings. The summed E-state index contributed by atoms with van der Waals surface area (Å²) in [5.74, 6) is -1.13. The minimum atomic E-state index is -3.69. The Morgan fingerprint density at radius 1 is 1.55 bits per heavy atom. The fourth-order valence-corrected chi connectivity index (χ4v) is 6.13. The van der Waals surface area contributed by atoms with Gasteiger partial charge >= 0.3 is 5.97 Å². The van der Waals surface area contributed by atoms with Crippen LogP contribution in [-0.2, 0) is 10.0 Å². The molecule has 0 spiro atoms. The summed E-state index contributed by atoms with van der Waals surface area (Å²) in [5, 5.41) is 8.92. The summed E-state index contributed by atoms with van der Waals surface area (Å²) < 4.78 is 27.7. The first kappa shape index (κ1) is 15.9. The molecule has 1 unspecified atom stereocenters. The number of rotatable bonds is 4. The Balaban J connectivity index is 2.21. The lowest BCUT2D eigenvalue weighted by Crippen LogP contribution is -2.33. The maximum Gasteiger partial charge on any atom is 0.345 e. The van der Waals surface area contributed by atoms with Gasteiger partial charge in [-0.05, 0) is 46.7 Å². The average molecular weight is 382 g/mol. The zero-order valence-corrected chi connectivity index (χ0v) is 14.4. The van der Waals surface area contributed by atoms with Gasteiger partial charge in [0, 0.05) is 6.04 Å². The number of hydrogen-bond donors (Lipinski definition) is 2. The highest BCUT2D eigenvalue weighted by atomic mass is 79.9. The molecule has 2 N–H and O–H groups in total. The number of nitrogens with one attached hydrogen (secondary N) is 1. The molecule has 1 atom stereocenters. The Hall–Kier alpha value is -0.440. The van der Waals surface area contributed by atoms with Gasteiger partial charge in [0.25, 0.3) is 0 Å². The molecule has 1 aliphatic carbocycles. The number of sulfonamides is 1. The van der Waals surface area contributed by atoms with Crippen LogP contribution in [0, 0.1) is 5.41 Å². The molecule has 0 bridgehead atoms. The van der Waals surface area contributed by atoms with Crippen LogP contribution in [0.15, 0.2) is 14.7 Å². The number of carboxylic acids is 1. The van der Waals surface area contributed by atoms with Crippen molar-refractivity contribution >= 4 is 43.3 Å². The van der Waals surface area contributed by atoms with E-state index in [0.717, 1.165) is 30.6 Å². The molecule has 1 saturated carbocycles. The first-order valence-electron chi connectivity index (χ1n) is 6.16. The molecule has 5 nitrogen and oxygen atoms in total. The Bertz CT molecular complexity index is 636. The molecule has 2 rings (SSSR count). The van der Waals surface area contributed by atoms with Gasteiger partial charge in [-0.25, -0.2) is 17.9 Å². The standard InChI is InChI=1S/C12H16BrNO4S2/c1-12(2)4-3-7(6-12)14-20(17,18)9-5-8(11(15)16)19-10(9)13/h5,7,14H,3-4,6H2,1-2H3,(H,15,16). The zero-order valence-electron chi connectivity index (χ0n) is 11.1. The molecule has 0 aliphatic heterocycles. The van der Waals surface area contributed by atoms with Gasteiger partial charge in [0.15, 0.2) is 0 Å². The predicted octanol–water partition coefficient (Wildman–Crippen LogP) is 3.07. The normalized spacial score (nSPS) is 22.1. The van der Waals surface area contributed by atoms with Crippen LogP contribution in [0.4, 0.5) is 0 Å². The number of carboxylic acid groups (broad SMARTS) is 1. The fraction of sp³-hybridized carbons (Fsp3) is 0.583. The molecule has 0 amide bonds. The van der Waals surface area contributed by atoms with E-state index in [2.05, 4.69) is 34.5 Å². The number of thiophene rings is 1. The van der Waals surface area contributed by atoms with E-state index < -0.39 is 16.0 Å². The molecule has 0 radical (unpaired) electrons. The van der Waals surface area contributed by atoms with E-state index in [1.54, 1.807) is 0 Å². The number of carbonyl (C=O) groups is 1. The Morgan fingerprint density at radius 3 is 2.65 bits per heavy atom. The smallest absolute Gasteiger partial charge is 0.345 e. The van der Waals surface area contributed by atoms with Crippen molar-refractivity contribution in [1.82, 2.24) is 4.72 Å². The van der Waals surface area contributed by atoms with Crippen LogP contribution in [0.25, 0.3) is 0 Å². The van der Waals surface area contributed by atoms with E-state index in [4.69, 9.17) is 5.11 Å². The lowest BCUT2D eigenvalue weighted by Gasteiger charge is -2.17. The maximum absolute atomic E-state index is 12.3. The highest BCUT2D eigenvalue weighted by Gasteiger charge is 2.34. The molecule has 1 heterocycles. The van der Waals surface area contributed by atoms with Crippen molar-refractivity contribution in [2.75, 3.05) is 0 Å².